The van der Waals surface area contributed by atoms with Gasteiger partial charge in [0, 0.05) is 19.1 Å². The highest BCUT2D eigenvalue weighted by Gasteiger charge is 2.25. The van der Waals surface area contributed by atoms with Gasteiger partial charge in [-0.3, -0.25) is 4.90 Å². The molecule has 1 heterocycles. The Hall–Kier alpha value is 0.270. The Morgan fingerprint density at radius 3 is 2.65 bits per heavy atom. The summed E-state index contributed by atoms with van der Waals surface area (Å²) in [4.78, 5) is 5.14. The van der Waals surface area contributed by atoms with E-state index in [1.54, 1.807) is 0 Å². The maximum absolute atomic E-state index is 4.48. The number of nitrogens with zero attached hydrogens (tertiary/aromatic N) is 2. The Labute approximate surface area is 113 Å². The van der Waals surface area contributed by atoms with E-state index >= 15 is 0 Å². The van der Waals surface area contributed by atoms with Crippen LogP contribution >= 0.6 is 12.6 Å². The molecule has 0 aliphatic carbocycles. The summed E-state index contributed by atoms with van der Waals surface area (Å²) in [6, 6.07) is 0.790. The van der Waals surface area contributed by atoms with Gasteiger partial charge in [-0.25, -0.2) is 0 Å². The molecule has 1 fully saturated rings. The van der Waals surface area contributed by atoms with Gasteiger partial charge in [-0.2, -0.15) is 12.6 Å². The van der Waals surface area contributed by atoms with Crippen LogP contribution in [0, 0.1) is 11.8 Å². The molecule has 0 N–H and O–H groups in total. The first kappa shape index (κ1) is 15.3. The second-order valence-corrected chi connectivity index (χ2v) is 6.20. The van der Waals surface area contributed by atoms with Crippen molar-refractivity contribution in [3.63, 3.8) is 0 Å². The molecule has 3 heteroatoms. The molecule has 17 heavy (non-hydrogen) atoms. The van der Waals surface area contributed by atoms with Gasteiger partial charge < -0.3 is 4.90 Å². The van der Waals surface area contributed by atoms with E-state index in [4.69, 9.17) is 0 Å². The van der Waals surface area contributed by atoms with E-state index in [0.717, 1.165) is 23.6 Å². The second kappa shape index (κ2) is 7.65. The van der Waals surface area contributed by atoms with Crippen molar-refractivity contribution in [2.75, 3.05) is 39.0 Å². The summed E-state index contributed by atoms with van der Waals surface area (Å²) in [6.07, 6.45) is 2.76. The zero-order valence-electron chi connectivity index (χ0n) is 12.0. The fraction of sp³-hybridized carbons (Fsp3) is 1.00. The average molecular weight is 258 g/mol. The van der Waals surface area contributed by atoms with Gasteiger partial charge >= 0.3 is 0 Å². The quantitative estimate of drug-likeness (QED) is 0.701. The van der Waals surface area contributed by atoms with Crippen molar-refractivity contribution < 1.29 is 0 Å². The molecule has 1 aliphatic rings. The fourth-order valence-electron chi connectivity index (χ4n) is 2.83. The molecule has 102 valence electrons. The first-order valence-electron chi connectivity index (χ1n) is 7.11. The summed E-state index contributed by atoms with van der Waals surface area (Å²) >= 11 is 4.48. The molecular formula is C14H30N2S. The third-order valence-corrected chi connectivity index (χ3v) is 4.62. The number of hydrogen-bond acceptors (Lipinski definition) is 3. The summed E-state index contributed by atoms with van der Waals surface area (Å²) in [5.74, 6) is 2.46. The molecule has 0 aromatic rings. The lowest BCUT2D eigenvalue weighted by Gasteiger charge is -2.31. The number of likely N-dealkylation sites (N-methyl/N-ethyl adjacent to an activating group) is 2. The Morgan fingerprint density at radius 1 is 1.41 bits per heavy atom. The van der Waals surface area contributed by atoms with E-state index in [9.17, 15) is 0 Å². The fourth-order valence-corrected chi connectivity index (χ4v) is 3.37. The molecule has 0 aromatic carbocycles. The molecule has 0 radical (unpaired) electrons. The minimum atomic E-state index is 0.722. The molecule has 0 amide bonds. The molecule has 1 saturated heterocycles. The van der Waals surface area contributed by atoms with Crippen LogP contribution in [-0.2, 0) is 0 Å². The normalized spacial score (nSPS) is 23.8. The third kappa shape index (κ3) is 4.80. The van der Waals surface area contributed by atoms with Crippen molar-refractivity contribution in [2.45, 2.75) is 39.7 Å². The summed E-state index contributed by atoms with van der Waals surface area (Å²) in [6.45, 7) is 11.8. The van der Waals surface area contributed by atoms with E-state index in [2.05, 4.69) is 50.2 Å². The van der Waals surface area contributed by atoms with Gasteiger partial charge in [-0.15, -0.1) is 0 Å². The Morgan fingerprint density at radius 2 is 2.12 bits per heavy atom. The molecule has 2 atom stereocenters. The molecule has 2 nitrogen and oxygen atoms in total. The van der Waals surface area contributed by atoms with Gasteiger partial charge in [0.05, 0.1) is 0 Å². The van der Waals surface area contributed by atoms with E-state index in [-0.39, 0.29) is 0 Å². The molecule has 0 saturated carbocycles. The van der Waals surface area contributed by atoms with E-state index in [1.165, 1.54) is 39.0 Å². The molecule has 1 rings (SSSR count). The van der Waals surface area contributed by atoms with Crippen molar-refractivity contribution in [3.8, 4) is 0 Å². The van der Waals surface area contributed by atoms with Crippen LogP contribution in [0.3, 0.4) is 0 Å². The predicted octanol–water partition coefficient (Wildman–Crippen LogP) is 2.60. The Bertz CT molecular complexity index is 208. The van der Waals surface area contributed by atoms with Crippen LogP contribution < -0.4 is 0 Å². The zero-order chi connectivity index (χ0) is 12.8. The molecule has 0 aromatic heterocycles. The van der Waals surface area contributed by atoms with Crippen molar-refractivity contribution in [1.29, 1.82) is 0 Å². The first-order chi connectivity index (χ1) is 8.08. The van der Waals surface area contributed by atoms with E-state index < -0.39 is 0 Å². The smallest absolute Gasteiger partial charge is 0.0223 e. The summed E-state index contributed by atoms with van der Waals surface area (Å²) in [5, 5.41) is 0. The second-order valence-electron chi connectivity index (χ2n) is 5.83. The van der Waals surface area contributed by atoms with Crippen LogP contribution in [0.15, 0.2) is 0 Å². The Kier molecular flexibility index (Phi) is 6.90. The summed E-state index contributed by atoms with van der Waals surface area (Å²) in [7, 11) is 2.27. The average Bonchev–Trinajstić information content (AvgIpc) is 2.72. The highest BCUT2D eigenvalue weighted by atomic mass is 32.1. The molecule has 0 bridgehead atoms. The van der Waals surface area contributed by atoms with Crippen molar-refractivity contribution in [2.24, 2.45) is 11.8 Å². The van der Waals surface area contributed by atoms with Crippen LogP contribution in [0.2, 0.25) is 0 Å². The van der Waals surface area contributed by atoms with Gasteiger partial charge in [-0.1, -0.05) is 20.8 Å². The third-order valence-electron chi connectivity index (χ3n) is 4.15. The van der Waals surface area contributed by atoms with E-state index in [0.29, 0.717) is 0 Å². The van der Waals surface area contributed by atoms with Crippen LogP contribution in [-0.4, -0.2) is 54.8 Å². The van der Waals surface area contributed by atoms with Gasteiger partial charge in [-0.05, 0) is 50.6 Å². The van der Waals surface area contributed by atoms with Crippen LogP contribution in [0.4, 0.5) is 0 Å². The van der Waals surface area contributed by atoms with Crippen LogP contribution in [0.5, 0.6) is 0 Å². The lowest BCUT2D eigenvalue weighted by atomic mass is 9.97. The minimum Gasteiger partial charge on any atom is -0.304 e. The van der Waals surface area contributed by atoms with Crippen LogP contribution in [0.1, 0.15) is 33.6 Å². The number of hydrogen-bond donors (Lipinski definition) is 1. The van der Waals surface area contributed by atoms with Crippen molar-refractivity contribution in [1.82, 2.24) is 9.80 Å². The monoisotopic (exact) mass is 258 g/mol. The summed E-state index contributed by atoms with van der Waals surface area (Å²) in [5.41, 5.74) is 0. The maximum Gasteiger partial charge on any atom is 0.0223 e. The number of rotatable bonds is 7. The van der Waals surface area contributed by atoms with Gasteiger partial charge in [0.25, 0.3) is 0 Å². The van der Waals surface area contributed by atoms with Crippen molar-refractivity contribution in [3.05, 3.63) is 0 Å². The predicted molar refractivity (Wildman–Crippen MR) is 79.9 cm³/mol. The van der Waals surface area contributed by atoms with Gasteiger partial charge in [0.15, 0.2) is 0 Å². The number of thiol groups is 1. The maximum atomic E-state index is 4.48. The largest absolute Gasteiger partial charge is 0.304 e. The van der Waals surface area contributed by atoms with Gasteiger partial charge in [0.1, 0.15) is 0 Å². The van der Waals surface area contributed by atoms with Crippen LogP contribution in [0.25, 0.3) is 0 Å². The molecular weight excluding hydrogens is 228 g/mol. The lowest BCUT2D eigenvalue weighted by molar-refractivity contribution is 0.176. The lowest BCUT2D eigenvalue weighted by Crippen LogP contribution is -2.41. The van der Waals surface area contributed by atoms with E-state index in [1.807, 2.05) is 0 Å². The minimum absolute atomic E-state index is 0.722. The highest BCUT2D eigenvalue weighted by Crippen LogP contribution is 2.19. The number of likely N-dealkylation sites (tertiary alicyclic amines) is 1. The van der Waals surface area contributed by atoms with Crippen molar-refractivity contribution >= 4 is 12.6 Å². The molecule has 0 spiro atoms. The topological polar surface area (TPSA) is 6.48 Å². The van der Waals surface area contributed by atoms with Gasteiger partial charge in [0.2, 0.25) is 0 Å². The summed E-state index contributed by atoms with van der Waals surface area (Å²) < 4.78 is 0. The standard InChI is InChI=1S/C14H30N2S/c1-5-16-8-6-7-14(16)10-15(4)9-13(11-17)12(2)3/h12-14,17H,5-11H2,1-4H3. The highest BCUT2D eigenvalue weighted by molar-refractivity contribution is 7.80. The first-order valence-corrected chi connectivity index (χ1v) is 7.75. The Balaban J connectivity index is 2.35. The molecule has 1 aliphatic heterocycles. The SMILES string of the molecule is CCN1CCCC1CN(C)CC(CS)C(C)C. The zero-order valence-corrected chi connectivity index (χ0v) is 12.9. The molecule has 2 unspecified atom stereocenters.